The van der Waals surface area contributed by atoms with Crippen LogP contribution in [0.25, 0.3) is 11.3 Å². The molecule has 7 nitrogen and oxygen atoms in total. The lowest BCUT2D eigenvalue weighted by Crippen LogP contribution is -2.25. The fraction of sp³-hybridized carbons (Fsp3) is 0.154. The minimum Gasteiger partial charge on any atom is -0.482 e. The Bertz CT molecular complexity index is 1420. The van der Waals surface area contributed by atoms with Gasteiger partial charge in [-0.1, -0.05) is 32.0 Å². The number of aromatic nitrogens is 2. The van der Waals surface area contributed by atoms with Gasteiger partial charge in [0.05, 0.1) is 23.3 Å². The number of rotatable bonds is 5. The summed E-state index contributed by atoms with van der Waals surface area (Å²) in [5.74, 6) is 0.946. The zero-order valence-electron chi connectivity index (χ0n) is 18.8. The van der Waals surface area contributed by atoms with Gasteiger partial charge >= 0.3 is 0 Å². The molecule has 2 aromatic heterocycles. The summed E-state index contributed by atoms with van der Waals surface area (Å²) in [5.41, 5.74) is 5.39. The van der Waals surface area contributed by atoms with Crippen molar-refractivity contribution in [2.24, 2.45) is 10.1 Å². The maximum atomic E-state index is 11.8. The van der Waals surface area contributed by atoms with Crippen LogP contribution in [0.1, 0.15) is 30.9 Å². The molecular weight excluding hydrogens is 446 g/mol. The summed E-state index contributed by atoms with van der Waals surface area (Å²) in [7, 11) is 0. The van der Waals surface area contributed by atoms with Crippen LogP contribution in [0.4, 0.5) is 11.4 Å². The van der Waals surface area contributed by atoms with Gasteiger partial charge in [0, 0.05) is 28.9 Å². The molecule has 8 heteroatoms. The van der Waals surface area contributed by atoms with E-state index in [1.165, 1.54) is 16.9 Å². The van der Waals surface area contributed by atoms with Crippen molar-refractivity contribution in [3.05, 3.63) is 88.3 Å². The highest BCUT2D eigenvalue weighted by Gasteiger charge is 2.18. The number of thiazole rings is 1. The average Bonchev–Trinajstić information content (AvgIpc) is 3.25. The van der Waals surface area contributed by atoms with Gasteiger partial charge in [-0.2, -0.15) is 5.10 Å². The Morgan fingerprint density at radius 1 is 1.18 bits per heavy atom. The minimum absolute atomic E-state index is 0.0266. The first kappa shape index (κ1) is 21.8. The van der Waals surface area contributed by atoms with Crippen LogP contribution >= 0.6 is 11.3 Å². The number of nitrogens with one attached hydrogen (secondary N) is 1. The molecule has 1 amide bonds. The van der Waals surface area contributed by atoms with E-state index in [1.54, 1.807) is 23.3 Å². The molecule has 4 aromatic rings. The number of ether oxygens (including phenoxy) is 1. The number of anilines is 1. The Labute approximate surface area is 201 Å². The van der Waals surface area contributed by atoms with Crippen LogP contribution in [0.5, 0.6) is 5.75 Å². The van der Waals surface area contributed by atoms with Crippen LogP contribution in [0.15, 0.2) is 82.5 Å². The minimum atomic E-state index is -0.169. The van der Waals surface area contributed by atoms with E-state index in [2.05, 4.69) is 36.3 Å². The van der Waals surface area contributed by atoms with Gasteiger partial charge in [0.1, 0.15) is 5.75 Å². The quantitative estimate of drug-likeness (QED) is 0.409. The average molecular weight is 470 g/mol. The molecule has 3 heterocycles. The van der Waals surface area contributed by atoms with Crippen LogP contribution in [0.3, 0.4) is 0 Å². The highest BCUT2D eigenvalue weighted by atomic mass is 32.1. The van der Waals surface area contributed by atoms with Crippen LogP contribution in [0, 0.1) is 0 Å². The predicted octanol–water partition coefficient (Wildman–Crippen LogP) is 5.18. The third kappa shape index (κ3) is 4.67. The Kier molecular flexibility index (Phi) is 6.05. The number of fused-ring (bicyclic) bond motifs is 1. The highest BCUT2D eigenvalue weighted by Crippen LogP contribution is 2.33. The van der Waals surface area contributed by atoms with Gasteiger partial charge in [0.2, 0.25) is 4.80 Å². The van der Waals surface area contributed by atoms with Crippen LogP contribution in [-0.4, -0.2) is 28.4 Å². The number of amides is 1. The van der Waals surface area contributed by atoms with Crippen LogP contribution < -0.4 is 14.9 Å². The molecule has 0 fully saturated rings. The Balaban J connectivity index is 1.60. The number of pyridine rings is 1. The zero-order chi connectivity index (χ0) is 23.5. The second kappa shape index (κ2) is 9.44. The van der Waals surface area contributed by atoms with E-state index in [4.69, 9.17) is 14.8 Å². The smallest absolute Gasteiger partial charge is 0.262 e. The number of nitrogens with zero attached hydrogens (tertiary/aromatic N) is 4. The first-order valence-electron chi connectivity index (χ1n) is 10.9. The maximum absolute atomic E-state index is 11.8. The molecule has 0 aliphatic carbocycles. The topological polar surface area (TPSA) is 80.9 Å². The number of hydrogen-bond donors (Lipinski definition) is 1. The fourth-order valence-corrected chi connectivity index (χ4v) is 4.41. The monoisotopic (exact) mass is 469 g/mol. The first-order valence-corrected chi connectivity index (χ1v) is 11.8. The van der Waals surface area contributed by atoms with Crippen LogP contribution in [0.2, 0.25) is 0 Å². The van der Waals surface area contributed by atoms with Crippen molar-refractivity contribution >= 4 is 34.8 Å². The molecule has 0 spiro atoms. The largest absolute Gasteiger partial charge is 0.482 e. The van der Waals surface area contributed by atoms with Crippen molar-refractivity contribution in [2.75, 3.05) is 11.9 Å². The van der Waals surface area contributed by atoms with Crippen LogP contribution in [-0.2, 0) is 4.79 Å². The SMILES string of the molecule is CC(C)c1ccc(N=c2scc(-c3ccc4c(c3)NC(=O)CO4)n2N=Cc2cccnc2)cc1. The summed E-state index contributed by atoms with van der Waals surface area (Å²) < 4.78 is 7.31. The van der Waals surface area contributed by atoms with E-state index in [0.29, 0.717) is 17.4 Å². The molecule has 2 aromatic carbocycles. The summed E-state index contributed by atoms with van der Waals surface area (Å²) in [6, 6.07) is 17.8. The number of benzene rings is 2. The van der Waals surface area contributed by atoms with Gasteiger partial charge in [0.25, 0.3) is 5.91 Å². The van der Waals surface area contributed by atoms with Crippen molar-refractivity contribution < 1.29 is 9.53 Å². The predicted molar refractivity (Wildman–Crippen MR) is 135 cm³/mol. The zero-order valence-corrected chi connectivity index (χ0v) is 19.6. The van der Waals surface area contributed by atoms with Crippen molar-refractivity contribution in [2.45, 2.75) is 19.8 Å². The van der Waals surface area contributed by atoms with Crippen molar-refractivity contribution in [1.82, 2.24) is 9.66 Å². The molecule has 170 valence electrons. The summed E-state index contributed by atoms with van der Waals surface area (Å²) in [4.78, 5) is 21.5. The third-order valence-corrected chi connectivity index (χ3v) is 6.20. The van der Waals surface area contributed by atoms with E-state index in [-0.39, 0.29) is 12.5 Å². The standard InChI is InChI=1S/C26H23N5O2S/c1-17(2)19-5-8-21(9-6-19)29-26-31(28-14-18-4-3-11-27-13-18)23(16-34-26)20-7-10-24-22(12-20)30-25(32)15-33-24/h3-14,16-17H,15H2,1-2H3,(H,30,32). The lowest BCUT2D eigenvalue weighted by Gasteiger charge is -2.18. The van der Waals surface area contributed by atoms with E-state index in [0.717, 1.165) is 27.3 Å². The summed E-state index contributed by atoms with van der Waals surface area (Å²) >= 11 is 1.50. The normalized spacial score (nSPS) is 13.7. The van der Waals surface area contributed by atoms with Gasteiger partial charge in [-0.25, -0.2) is 9.67 Å². The van der Waals surface area contributed by atoms with Gasteiger partial charge in [0.15, 0.2) is 6.61 Å². The Morgan fingerprint density at radius 2 is 2.03 bits per heavy atom. The summed E-state index contributed by atoms with van der Waals surface area (Å²) in [5, 5.41) is 9.61. The first-order chi connectivity index (χ1) is 16.6. The molecule has 0 saturated carbocycles. The summed E-state index contributed by atoms with van der Waals surface area (Å²) in [6.45, 7) is 4.37. The molecule has 5 rings (SSSR count). The lowest BCUT2D eigenvalue weighted by molar-refractivity contribution is -0.118. The molecule has 1 aliphatic heterocycles. The molecule has 0 saturated heterocycles. The second-order valence-corrected chi connectivity index (χ2v) is 8.99. The molecule has 0 bridgehead atoms. The molecule has 34 heavy (non-hydrogen) atoms. The Hall–Kier alpha value is -4.04. The van der Waals surface area contributed by atoms with E-state index in [1.807, 2.05) is 47.8 Å². The number of carbonyl (C=O) groups excluding carboxylic acids is 1. The van der Waals surface area contributed by atoms with Crippen molar-refractivity contribution in [1.29, 1.82) is 0 Å². The highest BCUT2D eigenvalue weighted by molar-refractivity contribution is 7.07. The number of hydrogen-bond acceptors (Lipinski definition) is 6. The lowest BCUT2D eigenvalue weighted by atomic mass is 10.0. The van der Waals surface area contributed by atoms with Gasteiger partial charge < -0.3 is 10.1 Å². The molecule has 0 unspecified atom stereocenters. The van der Waals surface area contributed by atoms with Crippen molar-refractivity contribution in [3.8, 4) is 17.0 Å². The summed E-state index contributed by atoms with van der Waals surface area (Å²) in [6.07, 6.45) is 5.24. The second-order valence-electron chi connectivity index (χ2n) is 8.15. The van der Waals surface area contributed by atoms with E-state index < -0.39 is 0 Å². The molecular formula is C26H23N5O2S. The molecule has 0 atom stereocenters. The molecule has 1 aliphatic rings. The van der Waals surface area contributed by atoms with Gasteiger partial charge in [-0.15, -0.1) is 11.3 Å². The molecule has 1 N–H and O–H groups in total. The third-order valence-electron chi connectivity index (χ3n) is 5.38. The maximum Gasteiger partial charge on any atom is 0.262 e. The molecule has 0 radical (unpaired) electrons. The van der Waals surface area contributed by atoms with E-state index >= 15 is 0 Å². The van der Waals surface area contributed by atoms with E-state index in [9.17, 15) is 4.79 Å². The van der Waals surface area contributed by atoms with Gasteiger partial charge in [-0.3, -0.25) is 9.78 Å². The Morgan fingerprint density at radius 3 is 2.79 bits per heavy atom. The van der Waals surface area contributed by atoms with Crippen molar-refractivity contribution in [3.63, 3.8) is 0 Å². The van der Waals surface area contributed by atoms with Gasteiger partial charge in [-0.05, 0) is 47.9 Å². The fourth-order valence-electron chi connectivity index (χ4n) is 3.55. The number of carbonyl (C=O) groups is 1.